The second-order valence-corrected chi connectivity index (χ2v) is 5.51. The second-order valence-electron chi connectivity index (χ2n) is 4.59. The maximum absolute atomic E-state index is 11.6. The predicted molar refractivity (Wildman–Crippen MR) is 81.3 cm³/mol. The highest BCUT2D eigenvalue weighted by Gasteiger charge is 2.23. The van der Waals surface area contributed by atoms with Gasteiger partial charge >= 0.3 is 6.01 Å². The molecule has 0 spiro atoms. The molecule has 1 aromatic carbocycles. The number of benzene rings is 1. The van der Waals surface area contributed by atoms with Crippen molar-refractivity contribution in [2.24, 2.45) is 0 Å². The van der Waals surface area contributed by atoms with E-state index in [1.54, 1.807) is 12.4 Å². The lowest BCUT2D eigenvalue weighted by Gasteiger charge is -2.12. The van der Waals surface area contributed by atoms with Crippen LogP contribution in [0.2, 0.25) is 0 Å². The molecule has 1 atom stereocenters. The van der Waals surface area contributed by atoms with Crippen molar-refractivity contribution in [1.29, 1.82) is 0 Å². The highest BCUT2D eigenvalue weighted by molar-refractivity contribution is 9.10. The molecule has 1 unspecified atom stereocenters. The molecular formula is C14H13BrN4O2. The van der Waals surface area contributed by atoms with Crippen LogP contribution in [0.15, 0.2) is 41.1 Å². The molecule has 1 aliphatic rings. The Bertz CT molecular complexity index is 648. The summed E-state index contributed by atoms with van der Waals surface area (Å²) in [6, 6.07) is 7.45. The molecule has 3 rings (SSSR count). The van der Waals surface area contributed by atoms with Gasteiger partial charge in [0, 0.05) is 30.7 Å². The van der Waals surface area contributed by atoms with Crippen LogP contribution in [0, 0.1) is 0 Å². The van der Waals surface area contributed by atoms with Crippen LogP contribution in [0.5, 0.6) is 11.8 Å². The zero-order valence-corrected chi connectivity index (χ0v) is 12.6. The summed E-state index contributed by atoms with van der Waals surface area (Å²) in [7, 11) is 0. The Hall–Kier alpha value is -2.15. The van der Waals surface area contributed by atoms with Crippen LogP contribution in [0.3, 0.4) is 0 Å². The number of aromatic nitrogens is 2. The maximum atomic E-state index is 11.6. The first-order valence-corrected chi connectivity index (χ1v) is 7.30. The van der Waals surface area contributed by atoms with Gasteiger partial charge in [0.05, 0.1) is 4.47 Å². The zero-order valence-electron chi connectivity index (χ0n) is 11.0. The van der Waals surface area contributed by atoms with E-state index in [0.717, 1.165) is 16.6 Å². The molecule has 0 saturated carbocycles. The molecule has 1 aliphatic heterocycles. The Morgan fingerprint density at radius 3 is 2.86 bits per heavy atom. The molecule has 1 fully saturated rings. The Balaban J connectivity index is 1.70. The van der Waals surface area contributed by atoms with Crippen molar-refractivity contribution in [1.82, 2.24) is 15.3 Å². The number of hydrogen-bond acceptors (Lipinski definition) is 5. The van der Waals surface area contributed by atoms with Crippen LogP contribution in [-0.2, 0) is 4.79 Å². The lowest BCUT2D eigenvalue weighted by atomic mass is 10.2. The van der Waals surface area contributed by atoms with Gasteiger partial charge in [-0.3, -0.25) is 4.79 Å². The first kappa shape index (κ1) is 13.8. The number of ether oxygens (including phenoxy) is 1. The number of hydrogen-bond donors (Lipinski definition) is 2. The molecule has 2 N–H and O–H groups in total. The molecule has 1 aromatic heterocycles. The number of nitrogens with zero attached hydrogens (tertiary/aromatic N) is 2. The van der Waals surface area contributed by atoms with Gasteiger partial charge in [-0.25, -0.2) is 9.97 Å². The van der Waals surface area contributed by atoms with Crippen LogP contribution in [0.25, 0.3) is 0 Å². The fourth-order valence-corrected chi connectivity index (χ4v) is 2.25. The Kier molecular flexibility index (Phi) is 4.01. The number of amides is 1. The third-order valence-electron chi connectivity index (χ3n) is 3.03. The molecule has 1 amide bonds. The summed E-state index contributed by atoms with van der Waals surface area (Å²) in [5, 5.41) is 5.98. The lowest BCUT2D eigenvalue weighted by Crippen LogP contribution is -2.29. The summed E-state index contributed by atoms with van der Waals surface area (Å²) in [6.45, 7) is 0.708. The average Bonchev–Trinajstić information content (AvgIpc) is 2.87. The SMILES string of the molecule is O=C1NCCC1Nc1cccc(Oc2ncc(Br)cn2)c1. The lowest BCUT2D eigenvalue weighted by molar-refractivity contribution is -0.119. The highest BCUT2D eigenvalue weighted by Crippen LogP contribution is 2.23. The summed E-state index contributed by atoms with van der Waals surface area (Å²) >= 11 is 3.27. The molecule has 6 nitrogen and oxygen atoms in total. The third-order valence-corrected chi connectivity index (χ3v) is 3.44. The van der Waals surface area contributed by atoms with E-state index >= 15 is 0 Å². The fraction of sp³-hybridized carbons (Fsp3) is 0.214. The van der Waals surface area contributed by atoms with Crippen LogP contribution < -0.4 is 15.4 Å². The minimum atomic E-state index is -0.191. The summed E-state index contributed by atoms with van der Waals surface area (Å²) < 4.78 is 6.37. The quantitative estimate of drug-likeness (QED) is 0.886. The van der Waals surface area contributed by atoms with Gasteiger partial charge in [0.15, 0.2) is 0 Å². The molecule has 7 heteroatoms. The molecule has 108 valence electrons. The van der Waals surface area contributed by atoms with Crippen molar-refractivity contribution >= 4 is 27.5 Å². The van der Waals surface area contributed by atoms with Crippen molar-refractivity contribution in [2.75, 3.05) is 11.9 Å². The van der Waals surface area contributed by atoms with Gasteiger partial charge in [-0.1, -0.05) is 6.07 Å². The Morgan fingerprint density at radius 1 is 1.33 bits per heavy atom. The van der Waals surface area contributed by atoms with Crippen LogP contribution in [0.4, 0.5) is 5.69 Å². The predicted octanol–water partition coefficient (Wildman–Crippen LogP) is 2.33. The van der Waals surface area contributed by atoms with Gasteiger partial charge in [-0.05, 0) is 34.5 Å². The summed E-state index contributed by atoms with van der Waals surface area (Å²) in [5.74, 6) is 0.637. The molecule has 21 heavy (non-hydrogen) atoms. The van der Waals surface area contributed by atoms with Gasteiger partial charge in [0.2, 0.25) is 5.91 Å². The van der Waals surface area contributed by atoms with Crippen LogP contribution in [0.1, 0.15) is 6.42 Å². The summed E-state index contributed by atoms with van der Waals surface area (Å²) in [5.41, 5.74) is 0.826. The largest absolute Gasteiger partial charge is 0.424 e. The number of halogens is 1. The first-order valence-electron chi connectivity index (χ1n) is 6.50. The molecule has 2 heterocycles. The monoisotopic (exact) mass is 348 g/mol. The van der Waals surface area contributed by atoms with E-state index in [2.05, 4.69) is 36.5 Å². The minimum absolute atomic E-state index is 0.0255. The molecule has 2 aromatic rings. The van der Waals surface area contributed by atoms with E-state index in [1.165, 1.54) is 0 Å². The van der Waals surface area contributed by atoms with Gasteiger partial charge in [-0.15, -0.1) is 0 Å². The second kappa shape index (κ2) is 6.09. The van der Waals surface area contributed by atoms with E-state index in [4.69, 9.17) is 4.74 Å². The van der Waals surface area contributed by atoms with E-state index in [0.29, 0.717) is 12.3 Å². The molecule has 0 aliphatic carbocycles. The van der Waals surface area contributed by atoms with Gasteiger partial charge in [-0.2, -0.15) is 0 Å². The highest BCUT2D eigenvalue weighted by atomic mass is 79.9. The summed E-state index contributed by atoms with van der Waals surface area (Å²) in [4.78, 5) is 19.7. The Labute approximate surface area is 130 Å². The van der Waals surface area contributed by atoms with Crippen LogP contribution >= 0.6 is 15.9 Å². The third kappa shape index (κ3) is 3.49. The fourth-order valence-electron chi connectivity index (χ4n) is 2.04. The average molecular weight is 349 g/mol. The molecule has 0 radical (unpaired) electrons. The number of nitrogens with one attached hydrogen (secondary N) is 2. The van der Waals surface area contributed by atoms with Crippen molar-refractivity contribution in [3.8, 4) is 11.8 Å². The smallest absolute Gasteiger partial charge is 0.321 e. The zero-order chi connectivity index (χ0) is 14.7. The van der Waals surface area contributed by atoms with Gasteiger partial charge < -0.3 is 15.4 Å². The van der Waals surface area contributed by atoms with Crippen LogP contribution in [-0.4, -0.2) is 28.5 Å². The molecule has 1 saturated heterocycles. The topological polar surface area (TPSA) is 76.1 Å². The van der Waals surface area contributed by atoms with E-state index in [-0.39, 0.29) is 18.0 Å². The van der Waals surface area contributed by atoms with Crippen molar-refractivity contribution < 1.29 is 9.53 Å². The molecule has 0 bridgehead atoms. The van der Waals surface area contributed by atoms with E-state index in [9.17, 15) is 4.79 Å². The number of anilines is 1. The number of carbonyl (C=O) groups excluding carboxylic acids is 1. The standard InChI is InChI=1S/C14H13BrN4O2/c15-9-7-17-14(18-8-9)21-11-3-1-2-10(6-11)19-12-4-5-16-13(12)20/h1-3,6-8,12,19H,4-5H2,(H,16,20). The number of rotatable bonds is 4. The van der Waals surface area contributed by atoms with Gasteiger partial charge in [0.25, 0.3) is 0 Å². The van der Waals surface area contributed by atoms with Crippen molar-refractivity contribution in [3.05, 3.63) is 41.1 Å². The number of carbonyl (C=O) groups is 1. The van der Waals surface area contributed by atoms with Gasteiger partial charge in [0.1, 0.15) is 11.8 Å². The van der Waals surface area contributed by atoms with E-state index < -0.39 is 0 Å². The Morgan fingerprint density at radius 2 is 2.14 bits per heavy atom. The van der Waals surface area contributed by atoms with E-state index in [1.807, 2.05) is 24.3 Å². The van der Waals surface area contributed by atoms with Crippen molar-refractivity contribution in [3.63, 3.8) is 0 Å². The normalized spacial score (nSPS) is 17.4. The first-order chi connectivity index (χ1) is 10.2. The minimum Gasteiger partial charge on any atom is -0.424 e. The molecular weight excluding hydrogens is 336 g/mol. The summed E-state index contributed by atoms with van der Waals surface area (Å²) in [6.07, 6.45) is 4.01. The maximum Gasteiger partial charge on any atom is 0.321 e. The van der Waals surface area contributed by atoms with Crippen molar-refractivity contribution in [2.45, 2.75) is 12.5 Å².